The summed E-state index contributed by atoms with van der Waals surface area (Å²) in [6, 6.07) is 2.00. The number of halogens is 6. The van der Waals surface area contributed by atoms with Gasteiger partial charge in [0.25, 0.3) is 0 Å². The van der Waals surface area contributed by atoms with Crippen LogP contribution in [0, 0.1) is 0 Å². The van der Waals surface area contributed by atoms with Gasteiger partial charge in [-0.2, -0.15) is 13.2 Å². The summed E-state index contributed by atoms with van der Waals surface area (Å²) in [5, 5.41) is 3.03. The summed E-state index contributed by atoms with van der Waals surface area (Å²) >= 11 is 0. The van der Waals surface area contributed by atoms with E-state index < -0.39 is 30.8 Å². The second kappa shape index (κ2) is 7.69. The largest absolute Gasteiger partial charge is 0.573 e. The van der Waals surface area contributed by atoms with Crippen molar-refractivity contribution in [3.8, 4) is 11.5 Å². The van der Waals surface area contributed by atoms with Crippen LogP contribution in [0.3, 0.4) is 0 Å². The van der Waals surface area contributed by atoms with Crippen LogP contribution in [-0.4, -0.2) is 50.7 Å². The highest BCUT2D eigenvalue weighted by atomic mass is 19.4. The third-order valence-corrected chi connectivity index (χ3v) is 3.81. The van der Waals surface area contributed by atoms with Gasteiger partial charge in [-0.05, 0) is 18.2 Å². The van der Waals surface area contributed by atoms with Crippen LogP contribution in [0.4, 0.5) is 26.3 Å². The van der Waals surface area contributed by atoms with Gasteiger partial charge in [-0.25, -0.2) is 0 Å². The summed E-state index contributed by atoms with van der Waals surface area (Å²) in [5.74, 6) is -0.493. The molecule has 2 rings (SSSR count). The molecular weight excluding hydrogens is 354 g/mol. The van der Waals surface area contributed by atoms with Crippen LogP contribution in [0.5, 0.6) is 11.5 Å². The molecule has 0 radical (unpaired) electrons. The van der Waals surface area contributed by atoms with Crippen molar-refractivity contribution in [3.05, 3.63) is 23.8 Å². The standard InChI is InChI=1S/C15H18F6N2O2/c1-24-13-3-2-10(25-15(19,20)21)8-11(13)12(9-14(16,17)18)23-6-4-22-5-7-23/h2-3,8,12,22H,4-7,9H2,1H3/t12-/m1/s1. The van der Waals surface area contributed by atoms with Gasteiger partial charge in [-0.3, -0.25) is 4.90 Å². The Morgan fingerprint density at radius 3 is 2.28 bits per heavy atom. The van der Waals surface area contributed by atoms with Crippen molar-refractivity contribution in [2.24, 2.45) is 0 Å². The Bertz CT molecular complexity index is 570. The van der Waals surface area contributed by atoms with Crippen molar-refractivity contribution in [3.63, 3.8) is 0 Å². The molecular formula is C15H18F6N2O2. The normalized spacial score (nSPS) is 18.0. The Hall–Kier alpha value is -1.68. The van der Waals surface area contributed by atoms with Gasteiger partial charge in [0.2, 0.25) is 0 Å². The van der Waals surface area contributed by atoms with E-state index in [4.69, 9.17) is 4.74 Å². The summed E-state index contributed by atoms with van der Waals surface area (Å²) in [6.45, 7) is 1.67. The monoisotopic (exact) mass is 372 g/mol. The van der Waals surface area contributed by atoms with Crippen LogP contribution in [0.15, 0.2) is 18.2 Å². The lowest BCUT2D eigenvalue weighted by atomic mass is 9.99. The van der Waals surface area contributed by atoms with E-state index in [9.17, 15) is 26.3 Å². The van der Waals surface area contributed by atoms with Crippen LogP contribution >= 0.6 is 0 Å². The minimum Gasteiger partial charge on any atom is -0.496 e. The molecule has 0 saturated carbocycles. The van der Waals surface area contributed by atoms with Gasteiger partial charge in [0.1, 0.15) is 11.5 Å². The summed E-state index contributed by atoms with van der Waals surface area (Å²) in [4.78, 5) is 1.58. The van der Waals surface area contributed by atoms with E-state index >= 15 is 0 Å². The first kappa shape index (κ1) is 19.6. The average Bonchev–Trinajstić information content (AvgIpc) is 2.51. The highest BCUT2D eigenvalue weighted by Gasteiger charge is 2.38. The molecule has 0 amide bonds. The van der Waals surface area contributed by atoms with Gasteiger partial charge in [0, 0.05) is 37.8 Å². The number of methoxy groups -OCH3 is 1. The van der Waals surface area contributed by atoms with E-state index in [1.165, 1.54) is 13.2 Å². The molecule has 0 aliphatic carbocycles. The number of alkyl halides is 6. The zero-order chi connectivity index (χ0) is 18.7. The first-order chi connectivity index (χ1) is 11.6. The minimum absolute atomic E-state index is 0.0171. The quantitative estimate of drug-likeness (QED) is 0.803. The maximum absolute atomic E-state index is 13.1. The van der Waals surface area contributed by atoms with Gasteiger partial charge < -0.3 is 14.8 Å². The first-order valence-electron chi connectivity index (χ1n) is 7.54. The molecule has 1 heterocycles. The van der Waals surface area contributed by atoms with Gasteiger partial charge in [0.15, 0.2) is 0 Å². The molecule has 1 saturated heterocycles. The molecule has 1 aromatic rings. The lowest BCUT2D eigenvalue weighted by Gasteiger charge is -2.36. The second-order valence-corrected chi connectivity index (χ2v) is 5.57. The zero-order valence-corrected chi connectivity index (χ0v) is 13.4. The smallest absolute Gasteiger partial charge is 0.496 e. The summed E-state index contributed by atoms with van der Waals surface area (Å²) in [6.07, 6.45) is -10.6. The number of ether oxygens (including phenoxy) is 2. The molecule has 0 spiro atoms. The highest BCUT2D eigenvalue weighted by Crippen LogP contribution is 2.40. The van der Waals surface area contributed by atoms with Gasteiger partial charge in [0.05, 0.1) is 13.5 Å². The Labute approximate surface area is 140 Å². The number of piperazine rings is 1. The molecule has 1 aliphatic heterocycles. The number of nitrogens with zero attached hydrogens (tertiary/aromatic N) is 1. The van der Waals surface area contributed by atoms with Crippen molar-refractivity contribution < 1.29 is 35.8 Å². The van der Waals surface area contributed by atoms with Crippen molar-refractivity contribution in [1.29, 1.82) is 0 Å². The number of hydrogen-bond donors (Lipinski definition) is 1. The van der Waals surface area contributed by atoms with E-state index in [2.05, 4.69) is 10.1 Å². The van der Waals surface area contributed by atoms with Crippen LogP contribution in [0.25, 0.3) is 0 Å². The van der Waals surface area contributed by atoms with E-state index in [1.807, 2.05) is 0 Å². The number of rotatable bonds is 5. The maximum atomic E-state index is 13.1. The molecule has 4 nitrogen and oxygen atoms in total. The van der Waals surface area contributed by atoms with Crippen molar-refractivity contribution in [1.82, 2.24) is 10.2 Å². The number of nitrogens with one attached hydrogen (secondary N) is 1. The third-order valence-electron chi connectivity index (χ3n) is 3.81. The fraction of sp³-hybridized carbons (Fsp3) is 0.600. The summed E-state index contributed by atoms with van der Waals surface area (Å²) in [5.41, 5.74) is 0.0171. The molecule has 1 fully saturated rings. The predicted molar refractivity (Wildman–Crippen MR) is 77.5 cm³/mol. The number of benzene rings is 1. The molecule has 1 aliphatic rings. The second-order valence-electron chi connectivity index (χ2n) is 5.57. The number of hydrogen-bond acceptors (Lipinski definition) is 4. The summed E-state index contributed by atoms with van der Waals surface area (Å²) < 4.78 is 85.4. The summed E-state index contributed by atoms with van der Waals surface area (Å²) in [7, 11) is 1.26. The fourth-order valence-corrected chi connectivity index (χ4v) is 2.82. The molecule has 0 aromatic heterocycles. The zero-order valence-electron chi connectivity index (χ0n) is 13.4. The Morgan fingerprint density at radius 2 is 1.76 bits per heavy atom. The molecule has 142 valence electrons. The predicted octanol–water partition coefficient (Wildman–Crippen LogP) is 3.49. The van der Waals surface area contributed by atoms with Crippen LogP contribution in [-0.2, 0) is 0 Å². The lowest BCUT2D eigenvalue weighted by Crippen LogP contribution is -2.46. The van der Waals surface area contributed by atoms with Crippen LogP contribution in [0.1, 0.15) is 18.0 Å². The highest BCUT2D eigenvalue weighted by molar-refractivity contribution is 5.42. The molecule has 0 bridgehead atoms. The molecule has 25 heavy (non-hydrogen) atoms. The fourth-order valence-electron chi connectivity index (χ4n) is 2.82. The topological polar surface area (TPSA) is 33.7 Å². The minimum atomic E-state index is -4.93. The third kappa shape index (κ3) is 5.96. The molecule has 10 heteroatoms. The SMILES string of the molecule is COc1ccc(OC(F)(F)F)cc1[C@@H](CC(F)(F)F)N1CCNCC1. The molecule has 1 aromatic carbocycles. The van der Waals surface area contributed by atoms with Crippen molar-refractivity contribution in [2.45, 2.75) is 25.0 Å². The Balaban J connectivity index is 2.40. The molecule has 1 N–H and O–H groups in total. The van der Waals surface area contributed by atoms with Crippen LogP contribution < -0.4 is 14.8 Å². The van der Waals surface area contributed by atoms with E-state index in [1.54, 1.807) is 4.90 Å². The first-order valence-corrected chi connectivity index (χ1v) is 7.54. The molecule has 0 unspecified atom stereocenters. The van der Waals surface area contributed by atoms with Crippen LogP contribution in [0.2, 0.25) is 0 Å². The molecule has 1 atom stereocenters. The van der Waals surface area contributed by atoms with Crippen molar-refractivity contribution in [2.75, 3.05) is 33.3 Å². The van der Waals surface area contributed by atoms with Gasteiger partial charge in [-0.15, -0.1) is 13.2 Å². The van der Waals surface area contributed by atoms with Crippen molar-refractivity contribution >= 4 is 0 Å². The van der Waals surface area contributed by atoms with Gasteiger partial charge in [-0.1, -0.05) is 0 Å². The van der Waals surface area contributed by atoms with E-state index in [-0.39, 0.29) is 11.3 Å². The lowest BCUT2D eigenvalue weighted by molar-refractivity contribution is -0.274. The van der Waals surface area contributed by atoms with E-state index in [0.29, 0.717) is 26.2 Å². The van der Waals surface area contributed by atoms with Gasteiger partial charge >= 0.3 is 12.5 Å². The maximum Gasteiger partial charge on any atom is 0.573 e. The Kier molecular flexibility index (Phi) is 6.04. The van der Waals surface area contributed by atoms with E-state index in [0.717, 1.165) is 12.1 Å². The Morgan fingerprint density at radius 1 is 1.12 bits per heavy atom. The average molecular weight is 372 g/mol.